The number of hydrogen-bond donors (Lipinski definition) is 1. The van der Waals surface area contributed by atoms with Crippen molar-refractivity contribution in [3.05, 3.63) is 48.0 Å². The fourth-order valence-corrected chi connectivity index (χ4v) is 2.22. The molecule has 0 radical (unpaired) electrons. The molecule has 23 heavy (non-hydrogen) atoms. The van der Waals surface area contributed by atoms with Crippen molar-refractivity contribution in [2.75, 3.05) is 19.5 Å². The van der Waals surface area contributed by atoms with Gasteiger partial charge in [0.25, 0.3) is 0 Å². The van der Waals surface area contributed by atoms with Crippen LogP contribution in [-0.4, -0.2) is 19.8 Å². The zero-order chi connectivity index (χ0) is 16.9. The molecule has 0 bridgehead atoms. The fraction of sp³-hybridized carbons (Fsp3) is 0.368. The van der Waals surface area contributed by atoms with Crippen molar-refractivity contribution >= 4 is 5.69 Å². The third kappa shape index (κ3) is 4.81. The van der Waals surface area contributed by atoms with Gasteiger partial charge in [-0.3, -0.25) is 0 Å². The molecule has 0 aliphatic rings. The van der Waals surface area contributed by atoms with E-state index in [9.17, 15) is 0 Å². The van der Waals surface area contributed by atoms with Crippen molar-refractivity contribution in [3.63, 3.8) is 0 Å². The van der Waals surface area contributed by atoms with Crippen molar-refractivity contribution in [1.82, 2.24) is 0 Å². The first-order chi connectivity index (χ1) is 10.9. The van der Waals surface area contributed by atoms with Crippen LogP contribution >= 0.6 is 0 Å². The highest BCUT2D eigenvalue weighted by atomic mass is 16.5. The van der Waals surface area contributed by atoms with Gasteiger partial charge in [-0.15, -0.1) is 0 Å². The molecule has 0 saturated heterocycles. The molecule has 0 unspecified atom stereocenters. The first-order valence-corrected chi connectivity index (χ1v) is 7.66. The normalized spacial score (nSPS) is 11.0. The summed E-state index contributed by atoms with van der Waals surface area (Å²) >= 11 is 0. The van der Waals surface area contributed by atoms with Gasteiger partial charge in [-0.05, 0) is 39.0 Å². The lowest BCUT2D eigenvalue weighted by Crippen LogP contribution is -2.23. The minimum atomic E-state index is -0.223. The molecule has 0 saturated carbocycles. The summed E-state index contributed by atoms with van der Waals surface area (Å²) in [7, 11) is 3.26. The molecule has 0 fully saturated rings. The summed E-state index contributed by atoms with van der Waals surface area (Å²) in [6.07, 6.45) is 0. The van der Waals surface area contributed by atoms with Crippen LogP contribution in [0.15, 0.2) is 42.5 Å². The van der Waals surface area contributed by atoms with Crippen molar-refractivity contribution in [3.8, 4) is 17.2 Å². The summed E-state index contributed by atoms with van der Waals surface area (Å²) < 4.78 is 16.6. The summed E-state index contributed by atoms with van der Waals surface area (Å²) in [5.74, 6) is 2.32. The highest BCUT2D eigenvalue weighted by molar-refractivity contribution is 5.55. The number of benzene rings is 2. The SMILES string of the molecule is COc1ccc(NCc2ccccc2OC(C)(C)C)cc1OC. The number of ether oxygens (including phenoxy) is 3. The van der Waals surface area contributed by atoms with E-state index in [0.29, 0.717) is 12.3 Å². The number of methoxy groups -OCH3 is 2. The molecule has 124 valence electrons. The molecule has 0 aliphatic carbocycles. The van der Waals surface area contributed by atoms with Gasteiger partial charge in [0.1, 0.15) is 11.4 Å². The van der Waals surface area contributed by atoms with Gasteiger partial charge in [0.05, 0.1) is 14.2 Å². The lowest BCUT2D eigenvalue weighted by molar-refractivity contribution is 0.129. The largest absolute Gasteiger partial charge is 0.493 e. The van der Waals surface area contributed by atoms with Crippen LogP contribution in [0.25, 0.3) is 0 Å². The Morgan fingerprint density at radius 3 is 2.22 bits per heavy atom. The van der Waals surface area contributed by atoms with Gasteiger partial charge in [-0.25, -0.2) is 0 Å². The third-order valence-electron chi connectivity index (χ3n) is 3.26. The van der Waals surface area contributed by atoms with Crippen molar-refractivity contribution < 1.29 is 14.2 Å². The third-order valence-corrected chi connectivity index (χ3v) is 3.26. The average Bonchev–Trinajstić information content (AvgIpc) is 2.52. The summed E-state index contributed by atoms with van der Waals surface area (Å²) in [4.78, 5) is 0. The monoisotopic (exact) mass is 315 g/mol. The van der Waals surface area contributed by atoms with E-state index in [0.717, 1.165) is 22.7 Å². The molecule has 0 heterocycles. The number of hydrogen-bond acceptors (Lipinski definition) is 4. The van der Waals surface area contributed by atoms with E-state index >= 15 is 0 Å². The molecule has 0 atom stereocenters. The van der Waals surface area contributed by atoms with Gasteiger partial charge in [0, 0.05) is 23.9 Å². The minimum absolute atomic E-state index is 0.223. The smallest absolute Gasteiger partial charge is 0.162 e. The van der Waals surface area contributed by atoms with Gasteiger partial charge < -0.3 is 19.5 Å². The second-order valence-corrected chi connectivity index (χ2v) is 6.25. The Balaban J connectivity index is 2.12. The maximum atomic E-state index is 6.02. The number of para-hydroxylation sites is 1. The molecule has 0 aliphatic heterocycles. The van der Waals surface area contributed by atoms with Crippen molar-refractivity contribution in [2.24, 2.45) is 0 Å². The second-order valence-electron chi connectivity index (χ2n) is 6.25. The first kappa shape index (κ1) is 17.0. The maximum absolute atomic E-state index is 6.02. The van der Waals surface area contributed by atoms with E-state index in [1.54, 1.807) is 14.2 Å². The van der Waals surface area contributed by atoms with Crippen LogP contribution in [0.1, 0.15) is 26.3 Å². The predicted octanol–water partition coefficient (Wildman–Crippen LogP) is 4.49. The van der Waals surface area contributed by atoms with Gasteiger partial charge in [-0.1, -0.05) is 18.2 Å². The van der Waals surface area contributed by atoms with E-state index < -0.39 is 0 Å². The van der Waals surface area contributed by atoms with Gasteiger partial charge in [-0.2, -0.15) is 0 Å². The van der Waals surface area contributed by atoms with E-state index in [1.165, 1.54) is 0 Å². The highest BCUT2D eigenvalue weighted by Crippen LogP contribution is 2.30. The highest BCUT2D eigenvalue weighted by Gasteiger charge is 2.14. The summed E-state index contributed by atoms with van der Waals surface area (Å²) in [6.45, 7) is 6.81. The van der Waals surface area contributed by atoms with Gasteiger partial charge in [0.2, 0.25) is 0 Å². The van der Waals surface area contributed by atoms with Gasteiger partial charge >= 0.3 is 0 Å². The predicted molar refractivity (Wildman–Crippen MR) is 93.7 cm³/mol. The summed E-state index contributed by atoms with van der Waals surface area (Å²) in [6, 6.07) is 13.8. The Hall–Kier alpha value is -2.36. The lowest BCUT2D eigenvalue weighted by Gasteiger charge is -2.23. The minimum Gasteiger partial charge on any atom is -0.493 e. The molecule has 1 N–H and O–H groups in total. The zero-order valence-corrected chi connectivity index (χ0v) is 14.5. The topological polar surface area (TPSA) is 39.7 Å². The Kier molecular flexibility index (Phi) is 5.37. The lowest BCUT2D eigenvalue weighted by atomic mass is 10.1. The number of rotatable bonds is 6. The van der Waals surface area contributed by atoms with Crippen molar-refractivity contribution in [2.45, 2.75) is 32.9 Å². The van der Waals surface area contributed by atoms with E-state index in [1.807, 2.05) is 57.2 Å². The van der Waals surface area contributed by atoms with Crippen LogP contribution in [0.5, 0.6) is 17.2 Å². The standard InChI is InChI=1S/C19H25NO3/c1-19(2,3)23-16-9-7-6-8-14(16)13-20-15-10-11-17(21-4)18(12-15)22-5/h6-12,20H,13H2,1-5H3. The number of nitrogens with one attached hydrogen (secondary N) is 1. The Labute approximate surface area is 138 Å². The summed E-state index contributed by atoms with van der Waals surface area (Å²) in [5, 5.41) is 3.40. The average molecular weight is 315 g/mol. The van der Waals surface area contributed by atoms with Gasteiger partial charge in [0.15, 0.2) is 11.5 Å². The van der Waals surface area contributed by atoms with E-state index in [-0.39, 0.29) is 5.60 Å². The van der Waals surface area contributed by atoms with Crippen LogP contribution in [0.2, 0.25) is 0 Å². The first-order valence-electron chi connectivity index (χ1n) is 7.66. The van der Waals surface area contributed by atoms with E-state index in [2.05, 4.69) is 11.4 Å². The van der Waals surface area contributed by atoms with Crippen LogP contribution in [0, 0.1) is 0 Å². The second kappa shape index (κ2) is 7.27. The van der Waals surface area contributed by atoms with Crippen LogP contribution in [-0.2, 0) is 6.54 Å². The summed E-state index contributed by atoms with van der Waals surface area (Å²) in [5.41, 5.74) is 1.85. The molecule has 0 aromatic heterocycles. The Bertz CT molecular complexity index is 647. The Morgan fingerprint density at radius 2 is 1.57 bits per heavy atom. The molecule has 0 spiro atoms. The molecule has 4 nitrogen and oxygen atoms in total. The molecular weight excluding hydrogens is 290 g/mol. The number of anilines is 1. The van der Waals surface area contributed by atoms with Crippen molar-refractivity contribution in [1.29, 1.82) is 0 Å². The van der Waals surface area contributed by atoms with Crippen LogP contribution < -0.4 is 19.5 Å². The van der Waals surface area contributed by atoms with Crippen LogP contribution in [0.3, 0.4) is 0 Å². The molecule has 4 heteroatoms. The molecule has 2 rings (SSSR count). The molecule has 2 aromatic carbocycles. The maximum Gasteiger partial charge on any atom is 0.162 e. The molecular formula is C19H25NO3. The quantitative estimate of drug-likeness (QED) is 0.852. The molecule has 0 amide bonds. The molecule has 2 aromatic rings. The van der Waals surface area contributed by atoms with Crippen LogP contribution in [0.4, 0.5) is 5.69 Å². The fourth-order valence-electron chi connectivity index (χ4n) is 2.22. The van der Waals surface area contributed by atoms with E-state index in [4.69, 9.17) is 14.2 Å². The zero-order valence-electron chi connectivity index (χ0n) is 14.5. The Morgan fingerprint density at radius 1 is 0.870 bits per heavy atom.